The molecule has 0 saturated heterocycles. The molecule has 0 spiro atoms. The maximum atomic E-state index is 13.6. The van der Waals surface area contributed by atoms with E-state index in [-0.39, 0.29) is 16.9 Å². The van der Waals surface area contributed by atoms with Gasteiger partial charge in [-0.25, -0.2) is 18.1 Å². The second-order valence-electron chi connectivity index (χ2n) is 5.54. The van der Waals surface area contributed by atoms with Crippen LogP contribution in [0.2, 0.25) is 0 Å². The molecule has 6 nitrogen and oxygen atoms in total. The van der Waals surface area contributed by atoms with Crippen molar-refractivity contribution in [1.82, 2.24) is 9.55 Å². The lowest BCUT2D eigenvalue weighted by atomic mass is 10.2. The minimum absolute atomic E-state index is 0.105. The fourth-order valence-electron chi connectivity index (χ4n) is 2.33. The summed E-state index contributed by atoms with van der Waals surface area (Å²) in [7, 11) is 0. The third-order valence-electron chi connectivity index (χ3n) is 3.74. The molecule has 0 atom stereocenters. The molecular weight excluding hydrogens is 344 g/mol. The van der Waals surface area contributed by atoms with E-state index < -0.39 is 28.8 Å². The minimum atomic E-state index is -0.884. The van der Waals surface area contributed by atoms with Crippen LogP contribution < -0.4 is 16.6 Å². The number of nitrogens with zero attached hydrogens (tertiary/aromatic N) is 1. The quantitative estimate of drug-likeness (QED) is 0.755. The van der Waals surface area contributed by atoms with Crippen LogP contribution >= 0.6 is 0 Å². The van der Waals surface area contributed by atoms with Gasteiger partial charge in [0.05, 0.1) is 5.69 Å². The molecule has 2 aromatic carbocycles. The number of carbonyl (C=O) groups is 1. The molecular formula is C18H13F2N3O3. The molecule has 0 fully saturated rings. The SMILES string of the molecule is Cc1ccc(NC(=O)c2c[nH]c(=O)n(-c3ccc(F)cc3)c2=O)cc1F. The Labute approximate surface area is 145 Å². The Morgan fingerprint density at radius 1 is 1.08 bits per heavy atom. The maximum Gasteiger partial charge on any atom is 0.333 e. The van der Waals surface area contributed by atoms with E-state index in [4.69, 9.17) is 0 Å². The van der Waals surface area contributed by atoms with E-state index in [2.05, 4.69) is 10.3 Å². The molecule has 1 aromatic heterocycles. The van der Waals surface area contributed by atoms with Gasteiger partial charge in [-0.1, -0.05) is 6.07 Å². The summed E-state index contributed by atoms with van der Waals surface area (Å²) in [5, 5.41) is 2.40. The van der Waals surface area contributed by atoms with Gasteiger partial charge in [0.25, 0.3) is 11.5 Å². The topological polar surface area (TPSA) is 84.0 Å². The number of nitrogens with one attached hydrogen (secondary N) is 2. The van der Waals surface area contributed by atoms with Crippen molar-refractivity contribution < 1.29 is 13.6 Å². The number of carbonyl (C=O) groups excluding carboxylic acids is 1. The minimum Gasteiger partial charge on any atom is -0.322 e. The van der Waals surface area contributed by atoms with Crippen LogP contribution in [-0.4, -0.2) is 15.5 Å². The van der Waals surface area contributed by atoms with Crippen molar-refractivity contribution in [2.45, 2.75) is 6.92 Å². The summed E-state index contributed by atoms with van der Waals surface area (Å²) in [6.07, 6.45) is 0.977. The largest absolute Gasteiger partial charge is 0.333 e. The van der Waals surface area contributed by atoms with E-state index in [0.29, 0.717) is 10.1 Å². The first-order valence-corrected chi connectivity index (χ1v) is 7.55. The predicted molar refractivity (Wildman–Crippen MR) is 91.7 cm³/mol. The number of hydrogen-bond acceptors (Lipinski definition) is 3. The first kappa shape index (κ1) is 17.3. The van der Waals surface area contributed by atoms with Crippen molar-refractivity contribution in [2.75, 3.05) is 5.32 Å². The van der Waals surface area contributed by atoms with E-state index in [1.165, 1.54) is 24.3 Å². The Morgan fingerprint density at radius 2 is 1.77 bits per heavy atom. The predicted octanol–water partition coefficient (Wildman–Crippen LogP) is 2.36. The zero-order valence-corrected chi connectivity index (χ0v) is 13.5. The molecule has 0 saturated carbocycles. The lowest BCUT2D eigenvalue weighted by Gasteiger charge is -2.08. The van der Waals surface area contributed by atoms with Crippen LogP contribution in [0.5, 0.6) is 0 Å². The number of benzene rings is 2. The summed E-state index contributed by atoms with van der Waals surface area (Å²) in [4.78, 5) is 39.2. The first-order valence-electron chi connectivity index (χ1n) is 7.55. The molecule has 2 N–H and O–H groups in total. The third-order valence-corrected chi connectivity index (χ3v) is 3.74. The van der Waals surface area contributed by atoms with Gasteiger partial charge in [-0.3, -0.25) is 9.59 Å². The zero-order valence-electron chi connectivity index (χ0n) is 13.5. The van der Waals surface area contributed by atoms with Gasteiger partial charge >= 0.3 is 5.69 Å². The molecule has 3 aromatic rings. The zero-order chi connectivity index (χ0) is 18.8. The molecule has 132 valence electrons. The summed E-state index contributed by atoms with van der Waals surface area (Å²) in [5.41, 5.74) is -1.34. The molecule has 0 aliphatic rings. The molecule has 0 bridgehead atoms. The van der Waals surface area contributed by atoms with Crippen molar-refractivity contribution in [3.8, 4) is 5.69 Å². The molecule has 0 unspecified atom stereocenters. The lowest BCUT2D eigenvalue weighted by Crippen LogP contribution is -2.38. The molecule has 0 aliphatic heterocycles. The lowest BCUT2D eigenvalue weighted by molar-refractivity contribution is 0.102. The average Bonchev–Trinajstić information content (AvgIpc) is 2.60. The van der Waals surface area contributed by atoms with Crippen LogP contribution in [0.15, 0.2) is 58.3 Å². The van der Waals surface area contributed by atoms with Gasteiger partial charge in [-0.2, -0.15) is 0 Å². The molecule has 26 heavy (non-hydrogen) atoms. The average molecular weight is 357 g/mol. The van der Waals surface area contributed by atoms with Crippen molar-refractivity contribution >= 4 is 11.6 Å². The number of hydrogen-bond donors (Lipinski definition) is 2. The van der Waals surface area contributed by atoms with E-state index in [9.17, 15) is 23.2 Å². The smallest absolute Gasteiger partial charge is 0.322 e. The van der Waals surface area contributed by atoms with Crippen molar-refractivity contribution in [2.24, 2.45) is 0 Å². The fourth-order valence-corrected chi connectivity index (χ4v) is 2.33. The number of halogens is 2. The highest BCUT2D eigenvalue weighted by Gasteiger charge is 2.16. The van der Waals surface area contributed by atoms with Gasteiger partial charge < -0.3 is 10.3 Å². The van der Waals surface area contributed by atoms with Crippen molar-refractivity contribution in [3.05, 3.63) is 92.3 Å². The molecule has 3 rings (SSSR count). The normalized spacial score (nSPS) is 10.6. The molecule has 1 amide bonds. The highest BCUT2D eigenvalue weighted by Crippen LogP contribution is 2.14. The summed E-state index contributed by atoms with van der Waals surface area (Å²) in [5.74, 6) is -1.85. The van der Waals surface area contributed by atoms with E-state index in [1.54, 1.807) is 6.92 Å². The van der Waals surface area contributed by atoms with Crippen molar-refractivity contribution in [3.63, 3.8) is 0 Å². The van der Waals surface area contributed by atoms with Crippen LogP contribution in [0, 0.1) is 18.6 Å². The van der Waals surface area contributed by atoms with Crippen LogP contribution in [-0.2, 0) is 0 Å². The van der Waals surface area contributed by atoms with Crippen LogP contribution in [0.4, 0.5) is 14.5 Å². The highest BCUT2D eigenvalue weighted by atomic mass is 19.1. The first-order chi connectivity index (χ1) is 12.4. The number of aryl methyl sites for hydroxylation is 1. The van der Waals surface area contributed by atoms with Crippen LogP contribution in [0.25, 0.3) is 5.69 Å². The van der Waals surface area contributed by atoms with E-state index >= 15 is 0 Å². The highest BCUT2D eigenvalue weighted by molar-refractivity contribution is 6.03. The van der Waals surface area contributed by atoms with Crippen LogP contribution in [0.3, 0.4) is 0 Å². The Kier molecular flexibility index (Phi) is 4.49. The monoisotopic (exact) mass is 357 g/mol. The number of rotatable bonds is 3. The Morgan fingerprint density at radius 3 is 2.42 bits per heavy atom. The Balaban J connectivity index is 2.00. The summed E-state index contributed by atoms with van der Waals surface area (Å²) in [6, 6.07) is 8.74. The summed E-state index contributed by atoms with van der Waals surface area (Å²) in [6.45, 7) is 1.57. The third kappa shape index (κ3) is 3.30. The fraction of sp³-hybridized carbons (Fsp3) is 0.0556. The second kappa shape index (κ2) is 6.75. The van der Waals surface area contributed by atoms with E-state index in [1.807, 2.05) is 0 Å². The molecule has 1 heterocycles. The van der Waals surface area contributed by atoms with Gasteiger partial charge in [0.15, 0.2) is 0 Å². The maximum absolute atomic E-state index is 13.6. The Hall–Kier alpha value is -3.55. The standard InChI is InChI=1S/C18H13F2N3O3/c1-10-2-5-12(8-15(10)20)22-16(24)14-9-21-18(26)23(17(14)25)13-6-3-11(19)4-7-13/h2-9H,1H3,(H,21,26)(H,22,24). The number of anilines is 1. The van der Waals surface area contributed by atoms with Gasteiger partial charge in [-0.15, -0.1) is 0 Å². The van der Waals surface area contributed by atoms with Crippen molar-refractivity contribution in [1.29, 1.82) is 0 Å². The molecule has 0 radical (unpaired) electrons. The Bertz CT molecular complexity index is 1100. The number of amides is 1. The number of H-pyrrole nitrogens is 1. The summed E-state index contributed by atoms with van der Waals surface area (Å²) < 4.78 is 27.3. The second-order valence-corrected chi connectivity index (χ2v) is 5.54. The summed E-state index contributed by atoms with van der Waals surface area (Å²) >= 11 is 0. The van der Waals surface area contributed by atoms with Gasteiger partial charge in [0, 0.05) is 11.9 Å². The van der Waals surface area contributed by atoms with Gasteiger partial charge in [0.2, 0.25) is 0 Å². The van der Waals surface area contributed by atoms with Crippen LogP contribution in [0.1, 0.15) is 15.9 Å². The molecule has 0 aliphatic carbocycles. The van der Waals surface area contributed by atoms with Gasteiger partial charge in [0.1, 0.15) is 17.2 Å². The number of aromatic amines is 1. The van der Waals surface area contributed by atoms with E-state index in [0.717, 1.165) is 24.4 Å². The number of aromatic nitrogens is 2. The molecule has 8 heteroatoms. The van der Waals surface area contributed by atoms with Gasteiger partial charge in [-0.05, 0) is 48.9 Å².